The van der Waals surface area contributed by atoms with Gasteiger partial charge in [-0.25, -0.2) is 8.78 Å². The van der Waals surface area contributed by atoms with Crippen molar-refractivity contribution in [3.05, 3.63) is 71.3 Å². The highest BCUT2D eigenvalue weighted by molar-refractivity contribution is 5.74. The topological polar surface area (TPSA) is 38.8 Å². The Morgan fingerprint density at radius 3 is 2.13 bits per heavy atom. The van der Waals surface area contributed by atoms with Crippen LogP contribution in [0.1, 0.15) is 43.4 Å². The fraction of sp³-hybridized carbons (Fsp3) is 0.458. The Bertz CT molecular complexity index is 826. The Kier molecular flexibility index (Phi) is 6.16. The molecule has 2 heterocycles. The Balaban J connectivity index is 1.67. The van der Waals surface area contributed by atoms with Crippen molar-refractivity contribution < 1.29 is 23.0 Å². The van der Waals surface area contributed by atoms with Crippen molar-refractivity contribution >= 4 is 5.97 Å². The lowest BCUT2D eigenvalue weighted by molar-refractivity contribution is -0.164. The third kappa shape index (κ3) is 4.12. The summed E-state index contributed by atoms with van der Waals surface area (Å²) in [7, 11) is 2.06. The molecule has 4 rings (SSSR count). The smallest absolute Gasteiger partial charge is 0.313 e. The van der Waals surface area contributed by atoms with Gasteiger partial charge in [0, 0.05) is 12.1 Å². The summed E-state index contributed by atoms with van der Waals surface area (Å²) in [5.74, 6) is -1.30. The second-order valence-corrected chi connectivity index (χ2v) is 8.14. The number of ether oxygens (including phenoxy) is 2. The number of carbonyl (C=O) groups is 1. The molecule has 160 valence electrons. The molecule has 30 heavy (non-hydrogen) atoms. The molecule has 0 N–H and O–H groups in total. The molecule has 6 heteroatoms. The van der Waals surface area contributed by atoms with E-state index in [-0.39, 0.29) is 29.7 Å². The van der Waals surface area contributed by atoms with E-state index in [0.717, 1.165) is 30.4 Å². The number of benzene rings is 2. The highest BCUT2D eigenvalue weighted by Crippen LogP contribution is 2.42. The highest BCUT2D eigenvalue weighted by atomic mass is 19.1. The van der Waals surface area contributed by atoms with Crippen molar-refractivity contribution in [1.82, 2.24) is 4.90 Å². The predicted molar refractivity (Wildman–Crippen MR) is 109 cm³/mol. The summed E-state index contributed by atoms with van der Waals surface area (Å²) in [6.45, 7) is 2.12. The van der Waals surface area contributed by atoms with Gasteiger partial charge in [0.2, 0.25) is 0 Å². The maximum atomic E-state index is 13.5. The Labute approximate surface area is 175 Å². The van der Waals surface area contributed by atoms with Gasteiger partial charge in [-0.2, -0.15) is 0 Å². The van der Waals surface area contributed by atoms with E-state index in [9.17, 15) is 13.6 Å². The molecule has 0 spiro atoms. The van der Waals surface area contributed by atoms with Gasteiger partial charge in [-0.15, -0.1) is 0 Å². The van der Waals surface area contributed by atoms with Crippen LogP contribution in [-0.4, -0.2) is 42.7 Å². The molecule has 0 unspecified atom stereocenters. The lowest BCUT2D eigenvalue weighted by Gasteiger charge is -2.42. The Morgan fingerprint density at radius 1 is 1.03 bits per heavy atom. The van der Waals surface area contributed by atoms with E-state index >= 15 is 0 Å². The highest BCUT2D eigenvalue weighted by Gasteiger charge is 2.50. The second-order valence-electron chi connectivity index (χ2n) is 8.14. The standard InChI is InChI=1S/C24H27F2NO3/c1-3-29-24(28)22-20-13-12-19(27(20)2)14-21(22)30-23(15-4-8-17(25)9-5-15)16-6-10-18(26)11-7-16/h4-11,19-23H,3,12-14H2,1-2H3/t19-,20+,21-,22-/m0/s1. The zero-order valence-electron chi connectivity index (χ0n) is 17.3. The number of halogens is 2. The van der Waals surface area contributed by atoms with Crippen LogP contribution in [0, 0.1) is 17.6 Å². The summed E-state index contributed by atoms with van der Waals surface area (Å²) in [6, 6.07) is 12.7. The minimum absolute atomic E-state index is 0.0786. The molecule has 0 aliphatic carbocycles. The quantitative estimate of drug-likeness (QED) is 0.652. The molecule has 0 aromatic heterocycles. The number of nitrogens with zero attached hydrogens (tertiary/aromatic N) is 1. The van der Waals surface area contributed by atoms with E-state index < -0.39 is 12.0 Å². The van der Waals surface area contributed by atoms with Crippen molar-refractivity contribution in [3.8, 4) is 0 Å². The van der Waals surface area contributed by atoms with Crippen LogP contribution in [0.15, 0.2) is 48.5 Å². The minimum Gasteiger partial charge on any atom is -0.466 e. The van der Waals surface area contributed by atoms with Gasteiger partial charge in [-0.1, -0.05) is 24.3 Å². The summed E-state index contributed by atoms with van der Waals surface area (Å²) < 4.78 is 39.0. The van der Waals surface area contributed by atoms with E-state index in [1.54, 1.807) is 31.2 Å². The molecule has 0 saturated carbocycles. The third-order valence-electron chi connectivity index (χ3n) is 6.43. The summed E-state index contributed by atoms with van der Waals surface area (Å²) in [5.41, 5.74) is 1.52. The van der Waals surface area contributed by atoms with Crippen molar-refractivity contribution in [2.45, 2.75) is 50.5 Å². The summed E-state index contributed by atoms with van der Waals surface area (Å²) in [4.78, 5) is 15.1. The van der Waals surface area contributed by atoms with E-state index in [2.05, 4.69) is 11.9 Å². The van der Waals surface area contributed by atoms with Crippen molar-refractivity contribution in [3.63, 3.8) is 0 Å². The molecule has 4 nitrogen and oxygen atoms in total. The van der Waals surface area contributed by atoms with Crippen LogP contribution in [0.4, 0.5) is 8.78 Å². The minimum atomic E-state index is -0.532. The summed E-state index contributed by atoms with van der Waals surface area (Å²) >= 11 is 0. The first-order chi connectivity index (χ1) is 14.5. The largest absolute Gasteiger partial charge is 0.466 e. The summed E-state index contributed by atoms with van der Waals surface area (Å²) in [6.07, 6.45) is 1.81. The monoisotopic (exact) mass is 415 g/mol. The van der Waals surface area contributed by atoms with Crippen LogP contribution in [0.25, 0.3) is 0 Å². The number of hydrogen-bond donors (Lipinski definition) is 0. The maximum absolute atomic E-state index is 13.5. The molecule has 2 aliphatic rings. The van der Waals surface area contributed by atoms with Crippen LogP contribution in [0.2, 0.25) is 0 Å². The van der Waals surface area contributed by atoms with Gasteiger partial charge in [0.05, 0.1) is 18.6 Å². The molecule has 2 aliphatic heterocycles. The van der Waals surface area contributed by atoms with Gasteiger partial charge in [-0.3, -0.25) is 9.69 Å². The fourth-order valence-corrected chi connectivity index (χ4v) is 4.91. The van der Waals surface area contributed by atoms with Crippen LogP contribution in [0.3, 0.4) is 0 Å². The Morgan fingerprint density at radius 2 is 1.60 bits per heavy atom. The number of carbonyl (C=O) groups excluding carboxylic acids is 1. The lowest BCUT2D eigenvalue weighted by Crippen LogP contribution is -2.53. The molecule has 0 amide bonds. The van der Waals surface area contributed by atoms with Crippen molar-refractivity contribution in [2.24, 2.45) is 5.92 Å². The van der Waals surface area contributed by atoms with Gasteiger partial charge >= 0.3 is 5.97 Å². The second kappa shape index (κ2) is 8.82. The van der Waals surface area contributed by atoms with Crippen LogP contribution in [0.5, 0.6) is 0 Å². The van der Waals surface area contributed by atoms with E-state index in [0.29, 0.717) is 12.6 Å². The lowest BCUT2D eigenvalue weighted by atomic mass is 9.87. The molecule has 4 atom stereocenters. The molecule has 2 bridgehead atoms. The van der Waals surface area contributed by atoms with Crippen LogP contribution in [-0.2, 0) is 14.3 Å². The molecule has 2 aromatic carbocycles. The summed E-state index contributed by atoms with van der Waals surface area (Å²) in [5, 5.41) is 0. The maximum Gasteiger partial charge on any atom is 0.313 e. The third-order valence-corrected chi connectivity index (χ3v) is 6.43. The predicted octanol–water partition coefficient (Wildman–Crippen LogP) is 4.49. The first-order valence-corrected chi connectivity index (χ1v) is 10.5. The molecule has 2 aromatic rings. The number of esters is 1. The van der Waals surface area contributed by atoms with Crippen molar-refractivity contribution in [1.29, 1.82) is 0 Å². The normalized spacial score (nSPS) is 26.2. The van der Waals surface area contributed by atoms with E-state index in [1.807, 2.05) is 0 Å². The van der Waals surface area contributed by atoms with Gasteiger partial charge in [0.25, 0.3) is 0 Å². The fourth-order valence-electron chi connectivity index (χ4n) is 4.91. The van der Waals surface area contributed by atoms with Gasteiger partial charge < -0.3 is 9.47 Å². The number of piperidine rings is 1. The van der Waals surface area contributed by atoms with Crippen LogP contribution < -0.4 is 0 Å². The van der Waals surface area contributed by atoms with E-state index in [4.69, 9.17) is 9.47 Å². The van der Waals surface area contributed by atoms with Crippen LogP contribution >= 0.6 is 0 Å². The first-order valence-electron chi connectivity index (χ1n) is 10.5. The van der Waals surface area contributed by atoms with Gasteiger partial charge in [0.1, 0.15) is 17.7 Å². The average molecular weight is 415 g/mol. The number of hydrogen-bond acceptors (Lipinski definition) is 4. The number of fused-ring (bicyclic) bond motifs is 2. The first kappa shape index (κ1) is 20.9. The molecular weight excluding hydrogens is 388 g/mol. The van der Waals surface area contributed by atoms with Gasteiger partial charge in [0.15, 0.2) is 0 Å². The average Bonchev–Trinajstić information content (AvgIpc) is 2.97. The molecule has 2 fully saturated rings. The molecular formula is C24H27F2NO3. The SMILES string of the molecule is CCOC(=O)[C@@H]1[C@@H](OC(c2ccc(F)cc2)c2ccc(F)cc2)C[C@@H]2CC[C@H]1N2C. The van der Waals surface area contributed by atoms with Crippen molar-refractivity contribution in [2.75, 3.05) is 13.7 Å². The zero-order valence-corrected chi connectivity index (χ0v) is 17.3. The molecule has 2 saturated heterocycles. The van der Waals surface area contributed by atoms with Gasteiger partial charge in [-0.05, 0) is 68.6 Å². The Hall–Kier alpha value is -2.31. The number of rotatable bonds is 6. The molecule has 0 radical (unpaired) electrons. The van der Waals surface area contributed by atoms with E-state index in [1.165, 1.54) is 24.3 Å². The zero-order chi connectivity index (χ0) is 21.3.